The van der Waals surface area contributed by atoms with Crippen molar-refractivity contribution in [2.24, 2.45) is 0 Å². The van der Waals surface area contributed by atoms with Gasteiger partial charge in [-0.05, 0) is 29.8 Å². The van der Waals surface area contributed by atoms with E-state index in [0.717, 1.165) is 11.1 Å². The van der Waals surface area contributed by atoms with E-state index in [2.05, 4.69) is 6.07 Å². The van der Waals surface area contributed by atoms with E-state index in [1.165, 1.54) is 5.39 Å². The minimum Gasteiger partial charge on any atom is -0.493 e. The first kappa shape index (κ1) is 13.1. The summed E-state index contributed by atoms with van der Waals surface area (Å²) in [6, 6.07) is 14.0. The Labute approximate surface area is 112 Å². The van der Waals surface area contributed by atoms with E-state index in [0.29, 0.717) is 18.6 Å². The average molecular weight is 256 g/mol. The molecule has 0 unspecified atom stereocenters. The number of carbonyl (C=O) groups is 1. The van der Waals surface area contributed by atoms with Gasteiger partial charge in [0, 0.05) is 12.0 Å². The third-order valence-electron chi connectivity index (χ3n) is 2.90. The maximum absolute atomic E-state index is 10.6. The molecule has 3 nitrogen and oxygen atoms in total. The van der Waals surface area contributed by atoms with Crippen LogP contribution in [-0.2, 0) is 4.79 Å². The highest BCUT2D eigenvalue weighted by Gasteiger charge is 1.99. The highest BCUT2D eigenvalue weighted by atomic mass is 16.5. The van der Waals surface area contributed by atoms with Crippen molar-refractivity contribution in [3.63, 3.8) is 0 Å². The topological polar surface area (TPSA) is 46.5 Å². The van der Waals surface area contributed by atoms with Gasteiger partial charge < -0.3 is 9.84 Å². The summed E-state index contributed by atoms with van der Waals surface area (Å²) in [7, 11) is 0. The molecule has 0 atom stereocenters. The maximum Gasteiger partial charge on any atom is 0.330 e. The van der Waals surface area contributed by atoms with Crippen LogP contribution in [0.5, 0.6) is 5.75 Å². The van der Waals surface area contributed by atoms with E-state index in [1.54, 1.807) is 13.0 Å². The predicted molar refractivity (Wildman–Crippen MR) is 75.5 cm³/mol. The smallest absolute Gasteiger partial charge is 0.330 e. The summed E-state index contributed by atoms with van der Waals surface area (Å²) in [5, 5.41) is 11.0. The molecule has 0 heterocycles. The molecule has 2 rings (SSSR count). The number of carboxylic acids is 1. The van der Waals surface area contributed by atoms with Crippen LogP contribution in [0.1, 0.15) is 13.3 Å². The fourth-order valence-electron chi connectivity index (χ4n) is 1.80. The van der Waals surface area contributed by atoms with E-state index in [1.807, 2.05) is 36.4 Å². The van der Waals surface area contributed by atoms with E-state index in [9.17, 15) is 4.79 Å². The zero-order valence-corrected chi connectivity index (χ0v) is 10.8. The van der Waals surface area contributed by atoms with Gasteiger partial charge >= 0.3 is 5.97 Å². The van der Waals surface area contributed by atoms with Crippen LogP contribution < -0.4 is 4.74 Å². The Morgan fingerprint density at radius 1 is 1.21 bits per heavy atom. The van der Waals surface area contributed by atoms with Crippen LogP contribution >= 0.6 is 0 Å². The lowest BCUT2D eigenvalue weighted by Crippen LogP contribution is -1.99. The number of benzene rings is 2. The van der Waals surface area contributed by atoms with Crippen molar-refractivity contribution in [3.8, 4) is 5.75 Å². The number of rotatable bonds is 5. The van der Waals surface area contributed by atoms with Crippen molar-refractivity contribution >= 4 is 16.7 Å². The minimum atomic E-state index is -0.884. The van der Waals surface area contributed by atoms with Crippen LogP contribution in [0.3, 0.4) is 0 Å². The van der Waals surface area contributed by atoms with E-state index < -0.39 is 5.97 Å². The van der Waals surface area contributed by atoms with Gasteiger partial charge in [0.15, 0.2) is 0 Å². The molecular weight excluding hydrogens is 240 g/mol. The van der Waals surface area contributed by atoms with E-state index in [4.69, 9.17) is 9.84 Å². The van der Waals surface area contributed by atoms with Gasteiger partial charge in [0.25, 0.3) is 0 Å². The first-order chi connectivity index (χ1) is 9.16. The third-order valence-corrected chi connectivity index (χ3v) is 2.90. The van der Waals surface area contributed by atoms with Crippen molar-refractivity contribution in [2.75, 3.05) is 6.61 Å². The van der Waals surface area contributed by atoms with Gasteiger partial charge in [-0.25, -0.2) is 4.79 Å². The Morgan fingerprint density at radius 3 is 2.68 bits per heavy atom. The van der Waals surface area contributed by atoms with E-state index in [-0.39, 0.29) is 0 Å². The first-order valence-electron chi connectivity index (χ1n) is 6.18. The third kappa shape index (κ3) is 3.58. The molecule has 0 aliphatic carbocycles. The summed E-state index contributed by atoms with van der Waals surface area (Å²) in [5.41, 5.74) is 0.349. The Bertz CT molecular complexity index is 614. The molecule has 19 heavy (non-hydrogen) atoms. The standard InChI is InChI=1S/C16H16O3/c1-12(16(17)18)5-4-10-19-15-9-8-13-6-2-3-7-14(13)11-15/h2-3,5-9,11H,4,10H2,1H3,(H,17,18). The Hall–Kier alpha value is -2.29. The molecule has 0 fully saturated rings. The van der Waals surface area contributed by atoms with Crippen LogP contribution in [0.25, 0.3) is 10.8 Å². The summed E-state index contributed by atoms with van der Waals surface area (Å²) >= 11 is 0. The number of carboxylic acid groups (broad SMARTS) is 1. The van der Waals surface area contributed by atoms with Crippen LogP contribution in [0.4, 0.5) is 0 Å². The van der Waals surface area contributed by atoms with Crippen LogP contribution in [0.15, 0.2) is 54.1 Å². The van der Waals surface area contributed by atoms with Crippen molar-refractivity contribution in [2.45, 2.75) is 13.3 Å². The normalized spacial score (nSPS) is 11.5. The van der Waals surface area contributed by atoms with Crippen LogP contribution in [0.2, 0.25) is 0 Å². The maximum atomic E-state index is 10.6. The van der Waals surface area contributed by atoms with Gasteiger partial charge in [0.2, 0.25) is 0 Å². The molecule has 0 aliphatic rings. The lowest BCUT2D eigenvalue weighted by molar-refractivity contribution is -0.132. The number of aliphatic carboxylic acids is 1. The molecule has 0 radical (unpaired) electrons. The van der Waals surface area contributed by atoms with Crippen LogP contribution in [-0.4, -0.2) is 17.7 Å². The van der Waals surface area contributed by atoms with Crippen molar-refractivity contribution in [1.29, 1.82) is 0 Å². The van der Waals surface area contributed by atoms with Crippen LogP contribution in [0, 0.1) is 0 Å². The summed E-state index contributed by atoms with van der Waals surface area (Å²) < 4.78 is 5.61. The summed E-state index contributed by atoms with van der Waals surface area (Å²) in [6.07, 6.45) is 2.26. The monoisotopic (exact) mass is 256 g/mol. The fourth-order valence-corrected chi connectivity index (χ4v) is 1.80. The van der Waals surface area contributed by atoms with Crippen molar-refractivity contribution in [3.05, 3.63) is 54.1 Å². The molecule has 0 aliphatic heterocycles. The predicted octanol–water partition coefficient (Wildman–Crippen LogP) is 3.64. The summed E-state index contributed by atoms with van der Waals surface area (Å²) in [5.74, 6) is -0.0780. The molecule has 0 amide bonds. The molecule has 0 aromatic heterocycles. The number of hydrogen-bond donors (Lipinski definition) is 1. The summed E-state index contributed by atoms with van der Waals surface area (Å²) in [4.78, 5) is 10.6. The molecule has 0 spiro atoms. The van der Waals surface area contributed by atoms with Gasteiger partial charge in [-0.2, -0.15) is 0 Å². The number of ether oxygens (including phenoxy) is 1. The van der Waals surface area contributed by atoms with Crippen molar-refractivity contribution in [1.82, 2.24) is 0 Å². The van der Waals surface area contributed by atoms with Gasteiger partial charge in [-0.15, -0.1) is 0 Å². The molecule has 2 aromatic carbocycles. The zero-order chi connectivity index (χ0) is 13.7. The molecule has 0 saturated heterocycles. The molecule has 0 saturated carbocycles. The highest BCUT2D eigenvalue weighted by molar-refractivity contribution is 5.85. The number of fused-ring (bicyclic) bond motifs is 1. The largest absolute Gasteiger partial charge is 0.493 e. The highest BCUT2D eigenvalue weighted by Crippen LogP contribution is 2.20. The minimum absolute atomic E-state index is 0.349. The van der Waals surface area contributed by atoms with Gasteiger partial charge in [-0.1, -0.05) is 36.4 Å². The molecule has 1 N–H and O–H groups in total. The SMILES string of the molecule is CC(=CCCOc1ccc2ccccc2c1)C(=O)O. The van der Waals surface area contributed by atoms with Crippen molar-refractivity contribution < 1.29 is 14.6 Å². The molecule has 2 aromatic rings. The van der Waals surface area contributed by atoms with Gasteiger partial charge in [-0.3, -0.25) is 0 Å². The van der Waals surface area contributed by atoms with Gasteiger partial charge in [0.05, 0.1) is 6.61 Å². The second-order valence-corrected chi connectivity index (χ2v) is 4.34. The molecular formula is C16H16O3. The fraction of sp³-hybridized carbons (Fsp3) is 0.188. The Balaban J connectivity index is 1.95. The van der Waals surface area contributed by atoms with Gasteiger partial charge in [0.1, 0.15) is 5.75 Å². The Morgan fingerprint density at radius 2 is 1.95 bits per heavy atom. The quantitative estimate of drug-likeness (QED) is 0.656. The first-order valence-corrected chi connectivity index (χ1v) is 6.18. The molecule has 3 heteroatoms. The molecule has 98 valence electrons. The zero-order valence-electron chi connectivity index (χ0n) is 10.8. The second-order valence-electron chi connectivity index (χ2n) is 4.34. The molecule has 0 bridgehead atoms. The summed E-state index contributed by atoms with van der Waals surface area (Å²) in [6.45, 7) is 2.06. The lowest BCUT2D eigenvalue weighted by Gasteiger charge is -2.06. The average Bonchev–Trinajstić information content (AvgIpc) is 2.43. The second kappa shape index (κ2) is 6.05. The van der Waals surface area contributed by atoms with E-state index >= 15 is 0 Å². The lowest BCUT2D eigenvalue weighted by atomic mass is 10.1. The Kier molecular flexibility index (Phi) is 4.18. The number of hydrogen-bond acceptors (Lipinski definition) is 2.